The fourth-order valence-corrected chi connectivity index (χ4v) is 3.08. The number of rotatable bonds is 4. The van der Waals surface area contributed by atoms with Crippen molar-refractivity contribution in [2.24, 2.45) is 0 Å². The molecule has 0 radical (unpaired) electrons. The van der Waals surface area contributed by atoms with Crippen LogP contribution in [0.4, 0.5) is 0 Å². The smallest absolute Gasteiger partial charge is 0.214 e. The van der Waals surface area contributed by atoms with E-state index >= 15 is 0 Å². The van der Waals surface area contributed by atoms with Gasteiger partial charge in [-0.2, -0.15) is 4.68 Å². The molecule has 1 N–H and O–H groups in total. The van der Waals surface area contributed by atoms with Crippen molar-refractivity contribution in [3.63, 3.8) is 0 Å². The molecule has 21 heavy (non-hydrogen) atoms. The van der Waals surface area contributed by atoms with Gasteiger partial charge in [-0.15, -0.1) is 5.10 Å². The molecule has 7 heteroatoms. The number of aromatic nitrogens is 4. The van der Waals surface area contributed by atoms with E-state index in [9.17, 15) is 5.11 Å². The molecule has 5 nitrogen and oxygen atoms in total. The van der Waals surface area contributed by atoms with Gasteiger partial charge in [0.05, 0.1) is 5.69 Å². The number of benzene rings is 2. The van der Waals surface area contributed by atoms with Gasteiger partial charge in [-0.05, 0) is 52.4 Å². The number of phenolic OH excluding ortho intramolecular Hbond substituents is 1. The Morgan fingerprint density at radius 2 is 1.95 bits per heavy atom. The van der Waals surface area contributed by atoms with Crippen LogP contribution in [0.3, 0.4) is 0 Å². The summed E-state index contributed by atoms with van der Waals surface area (Å²) >= 11 is 5.02. The van der Waals surface area contributed by atoms with Gasteiger partial charge < -0.3 is 5.11 Å². The highest BCUT2D eigenvalue weighted by Crippen LogP contribution is 2.24. The van der Waals surface area contributed by atoms with Crippen LogP contribution in [0.1, 0.15) is 5.56 Å². The number of tetrazole rings is 1. The summed E-state index contributed by atoms with van der Waals surface area (Å²) in [5.41, 5.74) is 2.00. The minimum Gasteiger partial charge on any atom is -0.508 e. The van der Waals surface area contributed by atoms with Crippen LogP contribution >= 0.6 is 27.7 Å². The van der Waals surface area contributed by atoms with E-state index in [4.69, 9.17) is 0 Å². The van der Waals surface area contributed by atoms with Gasteiger partial charge in [-0.1, -0.05) is 39.8 Å². The standard InChI is InChI=1S/C14H11BrN4OS/c15-11-3-1-2-10(8-11)9-21-14-16-17-18-19(14)12-4-6-13(20)7-5-12/h1-8,20H,9H2. The highest BCUT2D eigenvalue weighted by atomic mass is 79.9. The molecule has 0 amide bonds. The second-order valence-electron chi connectivity index (χ2n) is 4.31. The SMILES string of the molecule is Oc1ccc(-n2nnnc2SCc2cccc(Br)c2)cc1. The van der Waals surface area contributed by atoms with Crippen LogP contribution in [-0.4, -0.2) is 25.3 Å². The summed E-state index contributed by atoms with van der Waals surface area (Å²) in [7, 11) is 0. The van der Waals surface area contributed by atoms with E-state index in [1.807, 2.05) is 12.1 Å². The van der Waals surface area contributed by atoms with Crippen molar-refractivity contribution >= 4 is 27.7 Å². The van der Waals surface area contributed by atoms with Gasteiger partial charge in [0.1, 0.15) is 5.75 Å². The number of nitrogens with zero attached hydrogens (tertiary/aromatic N) is 4. The molecule has 1 aromatic heterocycles. The van der Waals surface area contributed by atoms with E-state index < -0.39 is 0 Å². The molecular weight excluding hydrogens is 352 g/mol. The van der Waals surface area contributed by atoms with Crippen molar-refractivity contribution in [3.05, 3.63) is 58.6 Å². The molecule has 0 bridgehead atoms. The highest BCUT2D eigenvalue weighted by molar-refractivity contribution is 9.10. The van der Waals surface area contributed by atoms with E-state index in [0.717, 1.165) is 15.9 Å². The Labute approximate surface area is 134 Å². The van der Waals surface area contributed by atoms with Gasteiger partial charge >= 0.3 is 0 Å². The quantitative estimate of drug-likeness (QED) is 0.720. The predicted molar refractivity (Wildman–Crippen MR) is 84.5 cm³/mol. The Morgan fingerprint density at radius 3 is 2.71 bits per heavy atom. The first kappa shape index (κ1) is 14.1. The molecule has 0 atom stereocenters. The molecule has 3 rings (SSSR count). The van der Waals surface area contributed by atoms with Crippen LogP contribution < -0.4 is 0 Å². The Hall–Kier alpha value is -1.86. The summed E-state index contributed by atoms with van der Waals surface area (Å²) < 4.78 is 2.71. The fourth-order valence-electron chi connectivity index (χ4n) is 1.80. The number of hydrogen-bond acceptors (Lipinski definition) is 5. The maximum Gasteiger partial charge on any atom is 0.214 e. The molecule has 1 heterocycles. The van der Waals surface area contributed by atoms with E-state index in [-0.39, 0.29) is 5.75 Å². The molecule has 0 unspecified atom stereocenters. The molecule has 0 aliphatic rings. The number of aromatic hydroxyl groups is 1. The Balaban J connectivity index is 1.78. The number of halogens is 1. The van der Waals surface area contributed by atoms with E-state index in [1.54, 1.807) is 40.7 Å². The van der Waals surface area contributed by atoms with Crippen molar-refractivity contribution in [3.8, 4) is 11.4 Å². The molecule has 0 aliphatic heterocycles. The lowest BCUT2D eigenvalue weighted by molar-refractivity contribution is 0.475. The van der Waals surface area contributed by atoms with E-state index in [1.165, 1.54) is 5.56 Å². The molecule has 106 valence electrons. The minimum atomic E-state index is 0.218. The van der Waals surface area contributed by atoms with Crippen molar-refractivity contribution < 1.29 is 5.11 Å². The Morgan fingerprint density at radius 1 is 1.14 bits per heavy atom. The predicted octanol–water partition coefficient (Wildman–Crippen LogP) is 3.42. The van der Waals surface area contributed by atoms with Crippen molar-refractivity contribution in [1.29, 1.82) is 0 Å². The number of phenols is 1. The van der Waals surface area contributed by atoms with Gasteiger partial charge in [-0.25, -0.2) is 0 Å². The molecule has 0 spiro atoms. The van der Waals surface area contributed by atoms with Gasteiger partial charge in [0, 0.05) is 10.2 Å². The largest absolute Gasteiger partial charge is 0.508 e. The maximum atomic E-state index is 9.33. The van der Waals surface area contributed by atoms with Gasteiger partial charge in [0.15, 0.2) is 0 Å². The summed E-state index contributed by atoms with van der Waals surface area (Å²) in [5.74, 6) is 0.993. The summed E-state index contributed by atoms with van der Waals surface area (Å²) in [5, 5.41) is 21.8. The lowest BCUT2D eigenvalue weighted by Crippen LogP contribution is -1.98. The van der Waals surface area contributed by atoms with Gasteiger partial charge in [0.25, 0.3) is 0 Å². The molecular formula is C14H11BrN4OS. The zero-order valence-corrected chi connectivity index (χ0v) is 13.3. The molecule has 3 aromatic rings. The molecule has 0 aliphatic carbocycles. The number of thioether (sulfide) groups is 1. The maximum absolute atomic E-state index is 9.33. The third-order valence-electron chi connectivity index (χ3n) is 2.79. The molecule has 0 saturated heterocycles. The first-order chi connectivity index (χ1) is 10.2. The molecule has 2 aromatic carbocycles. The normalized spacial score (nSPS) is 10.7. The summed E-state index contributed by atoms with van der Waals surface area (Å²) in [6.07, 6.45) is 0. The fraction of sp³-hybridized carbons (Fsp3) is 0.0714. The van der Waals surface area contributed by atoms with Crippen LogP contribution in [0.2, 0.25) is 0 Å². The minimum absolute atomic E-state index is 0.218. The summed E-state index contributed by atoms with van der Waals surface area (Å²) in [6.45, 7) is 0. The molecule has 0 saturated carbocycles. The second-order valence-corrected chi connectivity index (χ2v) is 6.17. The third-order valence-corrected chi connectivity index (χ3v) is 4.28. The first-order valence-corrected chi connectivity index (χ1v) is 7.95. The van der Waals surface area contributed by atoms with Crippen molar-refractivity contribution in [1.82, 2.24) is 20.2 Å². The zero-order valence-electron chi connectivity index (χ0n) is 10.8. The lowest BCUT2D eigenvalue weighted by Gasteiger charge is -2.04. The van der Waals surface area contributed by atoms with Crippen LogP contribution in [0.5, 0.6) is 5.75 Å². The van der Waals surface area contributed by atoms with Crippen LogP contribution in [-0.2, 0) is 5.75 Å². The lowest BCUT2D eigenvalue weighted by atomic mass is 10.2. The van der Waals surface area contributed by atoms with Gasteiger partial charge in [-0.3, -0.25) is 0 Å². The Kier molecular flexibility index (Phi) is 4.21. The van der Waals surface area contributed by atoms with E-state index in [0.29, 0.717) is 5.16 Å². The summed E-state index contributed by atoms with van der Waals surface area (Å²) in [6, 6.07) is 14.9. The van der Waals surface area contributed by atoms with Crippen LogP contribution in [0, 0.1) is 0 Å². The van der Waals surface area contributed by atoms with Crippen LogP contribution in [0.15, 0.2) is 58.2 Å². The number of hydrogen-bond donors (Lipinski definition) is 1. The monoisotopic (exact) mass is 362 g/mol. The van der Waals surface area contributed by atoms with Crippen molar-refractivity contribution in [2.75, 3.05) is 0 Å². The highest BCUT2D eigenvalue weighted by Gasteiger charge is 2.09. The zero-order chi connectivity index (χ0) is 14.7. The first-order valence-electron chi connectivity index (χ1n) is 6.17. The second kappa shape index (κ2) is 6.28. The molecule has 0 fully saturated rings. The van der Waals surface area contributed by atoms with Crippen molar-refractivity contribution in [2.45, 2.75) is 10.9 Å². The van der Waals surface area contributed by atoms with Gasteiger partial charge in [0.2, 0.25) is 5.16 Å². The summed E-state index contributed by atoms with van der Waals surface area (Å²) in [4.78, 5) is 0. The average molecular weight is 363 g/mol. The average Bonchev–Trinajstić information content (AvgIpc) is 2.94. The van der Waals surface area contributed by atoms with E-state index in [2.05, 4.69) is 43.6 Å². The Bertz CT molecular complexity index is 745. The van der Waals surface area contributed by atoms with Crippen LogP contribution in [0.25, 0.3) is 5.69 Å². The topological polar surface area (TPSA) is 63.8 Å². The third kappa shape index (κ3) is 3.43.